The van der Waals surface area contributed by atoms with E-state index in [2.05, 4.69) is 9.71 Å². The van der Waals surface area contributed by atoms with Gasteiger partial charge in [0, 0.05) is 24.0 Å². The van der Waals surface area contributed by atoms with E-state index in [1.165, 1.54) is 22.7 Å². The maximum Gasteiger partial charge on any atom is 0.242 e. The summed E-state index contributed by atoms with van der Waals surface area (Å²) in [6.07, 6.45) is 1.71. The minimum absolute atomic E-state index is 0.0151. The Balaban J connectivity index is 2.13. The molecule has 0 aliphatic carbocycles. The van der Waals surface area contributed by atoms with Gasteiger partial charge >= 0.3 is 0 Å². The molecule has 0 saturated carbocycles. The first-order valence-corrected chi connectivity index (χ1v) is 9.27. The zero-order valence-corrected chi connectivity index (χ0v) is 13.6. The maximum atomic E-state index is 12.3. The standard InChI is InChI=1S/C12H16N2O3S3/c1-8(12-13-3-4-18-12)5-14-20(16,17)11-9(2)7-19-10(11)6-15/h3-4,7-8,14-15H,5-6H2,1-2H3. The number of nitrogens with one attached hydrogen (secondary N) is 1. The number of aryl methyl sites for hydroxylation is 1. The summed E-state index contributed by atoms with van der Waals surface area (Å²) in [7, 11) is -3.60. The van der Waals surface area contributed by atoms with Gasteiger partial charge in [-0.05, 0) is 17.9 Å². The molecule has 2 aromatic rings. The summed E-state index contributed by atoms with van der Waals surface area (Å²) in [5.41, 5.74) is 0.661. The Morgan fingerprint density at radius 1 is 1.45 bits per heavy atom. The van der Waals surface area contributed by atoms with E-state index in [0.29, 0.717) is 10.4 Å². The van der Waals surface area contributed by atoms with Crippen molar-refractivity contribution in [1.29, 1.82) is 0 Å². The largest absolute Gasteiger partial charge is 0.391 e. The molecular formula is C12H16N2O3S3. The first kappa shape index (κ1) is 15.6. The zero-order valence-electron chi connectivity index (χ0n) is 11.2. The molecule has 1 unspecified atom stereocenters. The first-order chi connectivity index (χ1) is 9.45. The Kier molecular flexibility index (Phi) is 4.92. The predicted molar refractivity (Wildman–Crippen MR) is 80.7 cm³/mol. The van der Waals surface area contributed by atoms with E-state index in [0.717, 1.165) is 5.01 Å². The van der Waals surface area contributed by atoms with Gasteiger partial charge in [-0.25, -0.2) is 18.1 Å². The van der Waals surface area contributed by atoms with Crippen LogP contribution in [-0.2, 0) is 16.6 Å². The fraction of sp³-hybridized carbons (Fsp3) is 0.417. The highest BCUT2D eigenvalue weighted by atomic mass is 32.2. The number of aliphatic hydroxyl groups is 1. The van der Waals surface area contributed by atoms with Crippen LogP contribution in [0.25, 0.3) is 0 Å². The van der Waals surface area contributed by atoms with Crippen molar-refractivity contribution in [3.8, 4) is 0 Å². The summed E-state index contributed by atoms with van der Waals surface area (Å²) in [6.45, 7) is 3.68. The second kappa shape index (κ2) is 6.31. The third-order valence-electron chi connectivity index (χ3n) is 2.85. The maximum absolute atomic E-state index is 12.3. The molecule has 2 heterocycles. The van der Waals surface area contributed by atoms with Crippen molar-refractivity contribution in [1.82, 2.24) is 9.71 Å². The molecule has 2 aromatic heterocycles. The van der Waals surface area contributed by atoms with Crippen LogP contribution in [0.15, 0.2) is 21.9 Å². The molecule has 20 heavy (non-hydrogen) atoms. The van der Waals surface area contributed by atoms with Crippen LogP contribution in [-0.4, -0.2) is 25.1 Å². The van der Waals surface area contributed by atoms with Crippen LogP contribution in [0.3, 0.4) is 0 Å². The van der Waals surface area contributed by atoms with Gasteiger partial charge in [0.1, 0.15) is 4.90 Å². The van der Waals surface area contributed by atoms with Crippen LogP contribution in [0.5, 0.6) is 0 Å². The van der Waals surface area contributed by atoms with Gasteiger partial charge in [0.25, 0.3) is 0 Å². The van der Waals surface area contributed by atoms with Gasteiger partial charge in [0.15, 0.2) is 0 Å². The molecule has 0 saturated heterocycles. The topological polar surface area (TPSA) is 79.3 Å². The summed E-state index contributed by atoms with van der Waals surface area (Å²) >= 11 is 2.76. The molecule has 2 rings (SSSR count). The SMILES string of the molecule is Cc1csc(CO)c1S(=O)(=O)NCC(C)c1nccs1. The molecule has 0 bridgehead atoms. The number of rotatable bonds is 6. The third-order valence-corrected chi connectivity index (χ3v) is 6.73. The Morgan fingerprint density at radius 3 is 2.80 bits per heavy atom. The van der Waals surface area contributed by atoms with Crippen LogP contribution in [0.2, 0.25) is 0 Å². The van der Waals surface area contributed by atoms with Gasteiger partial charge in [-0.2, -0.15) is 0 Å². The van der Waals surface area contributed by atoms with Crippen molar-refractivity contribution in [3.63, 3.8) is 0 Å². The summed E-state index contributed by atoms with van der Waals surface area (Å²) in [6, 6.07) is 0. The van der Waals surface area contributed by atoms with Crippen LogP contribution < -0.4 is 4.72 Å². The molecule has 0 amide bonds. The molecule has 2 N–H and O–H groups in total. The van der Waals surface area contributed by atoms with Crippen LogP contribution in [0.1, 0.15) is 28.3 Å². The van der Waals surface area contributed by atoms with E-state index < -0.39 is 10.0 Å². The third kappa shape index (κ3) is 3.26. The number of thiophene rings is 1. The second-order valence-corrected chi connectivity index (χ2v) is 8.05. The number of nitrogens with zero attached hydrogens (tertiary/aromatic N) is 1. The minimum atomic E-state index is -3.60. The van der Waals surface area contributed by atoms with Gasteiger partial charge in [-0.1, -0.05) is 6.92 Å². The molecule has 0 aliphatic heterocycles. The zero-order chi connectivity index (χ0) is 14.8. The molecular weight excluding hydrogens is 316 g/mol. The molecule has 0 aliphatic rings. The Hall–Kier alpha value is -0.800. The quantitative estimate of drug-likeness (QED) is 0.849. The fourth-order valence-corrected chi connectivity index (χ4v) is 5.32. The van der Waals surface area contributed by atoms with E-state index in [1.54, 1.807) is 18.5 Å². The minimum Gasteiger partial charge on any atom is -0.391 e. The summed E-state index contributed by atoms with van der Waals surface area (Å²) < 4.78 is 27.3. The van der Waals surface area contributed by atoms with E-state index in [-0.39, 0.29) is 24.0 Å². The molecule has 1 atom stereocenters. The lowest BCUT2D eigenvalue weighted by Crippen LogP contribution is -2.28. The molecule has 8 heteroatoms. The lowest BCUT2D eigenvalue weighted by molar-refractivity contribution is 0.282. The van der Waals surface area contributed by atoms with E-state index in [4.69, 9.17) is 0 Å². The predicted octanol–water partition coefficient (Wildman–Crippen LogP) is 2.09. The molecule has 0 fully saturated rings. The van der Waals surface area contributed by atoms with Gasteiger partial charge in [0.05, 0.1) is 16.5 Å². The van der Waals surface area contributed by atoms with Crippen LogP contribution in [0, 0.1) is 6.92 Å². The van der Waals surface area contributed by atoms with Crippen molar-refractivity contribution in [2.75, 3.05) is 6.54 Å². The average molecular weight is 332 g/mol. The normalized spacial score (nSPS) is 13.6. The number of hydrogen-bond donors (Lipinski definition) is 2. The van der Waals surface area contributed by atoms with Crippen LogP contribution in [0.4, 0.5) is 0 Å². The van der Waals surface area contributed by atoms with Crippen molar-refractivity contribution in [2.24, 2.45) is 0 Å². The van der Waals surface area contributed by atoms with Crippen molar-refractivity contribution >= 4 is 32.7 Å². The Bertz CT molecular complexity index is 662. The summed E-state index contributed by atoms with van der Waals surface area (Å²) in [5, 5.41) is 13.7. The highest BCUT2D eigenvalue weighted by Crippen LogP contribution is 2.27. The van der Waals surface area contributed by atoms with Crippen molar-refractivity contribution in [2.45, 2.75) is 31.3 Å². The number of aliphatic hydroxyl groups excluding tert-OH is 1. The molecule has 0 aromatic carbocycles. The number of hydrogen-bond acceptors (Lipinski definition) is 6. The second-order valence-electron chi connectivity index (χ2n) is 4.45. The lowest BCUT2D eigenvalue weighted by atomic mass is 10.2. The number of sulfonamides is 1. The van der Waals surface area contributed by atoms with Gasteiger partial charge in [0.2, 0.25) is 10.0 Å². The first-order valence-electron chi connectivity index (χ1n) is 6.02. The van der Waals surface area contributed by atoms with E-state index in [1.807, 2.05) is 12.3 Å². The molecule has 5 nitrogen and oxygen atoms in total. The lowest BCUT2D eigenvalue weighted by Gasteiger charge is -2.11. The Labute approximate surface area is 126 Å². The summed E-state index contributed by atoms with van der Waals surface area (Å²) in [4.78, 5) is 4.85. The van der Waals surface area contributed by atoms with Crippen molar-refractivity contribution < 1.29 is 13.5 Å². The molecule has 0 spiro atoms. The molecule has 0 radical (unpaired) electrons. The smallest absolute Gasteiger partial charge is 0.242 e. The monoisotopic (exact) mass is 332 g/mol. The van der Waals surface area contributed by atoms with Crippen molar-refractivity contribution in [3.05, 3.63) is 32.4 Å². The Morgan fingerprint density at radius 2 is 2.20 bits per heavy atom. The molecule has 110 valence electrons. The van der Waals surface area contributed by atoms with Crippen LogP contribution >= 0.6 is 22.7 Å². The average Bonchev–Trinajstić information content (AvgIpc) is 3.05. The van der Waals surface area contributed by atoms with E-state index >= 15 is 0 Å². The fourth-order valence-electron chi connectivity index (χ4n) is 1.83. The van der Waals surface area contributed by atoms with E-state index in [9.17, 15) is 13.5 Å². The number of thiazole rings is 1. The van der Waals surface area contributed by atoms with Gasteiger partial charge < -0.3 is 5.11 Å². The number of aromatic nitrogens is 1. The van der Waals surface area contributed by atoms with Gasteiger partial charge in [-0.3, -0.25) is 0 Å². The van der Waals surface area contributed by atoms with Gasteiger partial charge in [-0.15, -0.1) is 22.7 Å². The highest BCUT2D eigenvalue weighted by molar-refractivity contribution is 7.89. The highest BCUT2D eigenvalue weighted by Gasteiger charge is 2.23. The summed E-state index contributed by atoms with van der Waals surface area (Å²) in [5.74, 6) is 0.0151.